The molecular weight excluding hydrogens is 174 g/mol. The van der Waals surface area contributed by atoms with Crippen LogP contribution in [0.15, 0.2) is 0 Å². The molecule has 3 saturated heterocycles. The van der Waals surface area contributed by atoms with Crippen LogP contribution in [-0.2, 0) is 4.79 Å². The molecule has 6 N–H and O–H groups in total. The largest absolute Gasteiger partial charge is 0.325 e. The van der Waals surface area contributed by atoms with Crippen molar-refractivity contribution in [3.63, 3.8) is 0 Å². The first-order chi connectivity index (χ1) is 6.36. The molecule has 72 valence electrons. The van der Waals surface area contributed by atoms with Crippen LogP contribution in [0.4, 0.5) is 0 Å². The zero-order valence-corrected chi connectivity index (χ0v) is 6.79. The quantitative estimate of drug-likeness (QED) is 0.230. The van der Waals surface area contributed by atoms with Gasteiger partial charge in [-0.1, -0.05) is 0 Å². The van der Waals surface area contributed by atoms with Crippen LogP contribution in [0.2, 0.25) is 0 Å². The van der Waals surface area contributed by atoms with Gasteiger partial charge in [-0.2, -0.15) is 10.5 Å². The summed E-state index contributed by atoms with van der Waals surface area (Å²) in [6, 6.07) is -0.261. The second-order valence-corrected chi connectivity index (χ2v) is 3.19. The lowest BCUT2D eigenvalue weighted by Crippen LogP contribution is -2.70. The number of hydrogen-bond acceptors (Lipinski definition) is 7. The first-order valence-electron chi connectivity index (χ1n) is 4.18. The first-order valence-corrected chi connectivity index (χ1v) is 4.18. The second-order valence-electron chi connectivity index (χ2n) is 3.19. The smallest absolute Gasteiger partial charge is 0.243 e. The molecule has 8 nitrogen and oxygen atoms in total. The molecule has 0 aromatic carbocycles. The molecule has 3 rings (SSSR count). The van der Waals surface area contributed by atoms with E-state index in [0.717, 1.165) is 0 Å². The number of fused-ring (bicyclic) bond motifs is 3. The fourth-order valence-corrected chi connectivity index (χ4v) is 1.82. The monoisotopic (exact) mass is 185 g/mol. The van der Waals surface area contributed by atoms with E-state index in [1.54, 1.807) is 0 Å². The normalized spacial score (nSPS) is 44.3. The van der Waals surface area contributed by atoms with Gasteiger partial charge in [0.25, 0.3) is 0 Å². The SMILES string of the molecule is O=C1NC2NCNN2C2NNNC12. The Morgan fingerprint density at radius 1 is 1.38 bits per heavy atom. The van der Waals surface area contributed by atoms with E-state index in [1.165, 1.54) is 0 Å². The Bertz CT molecular complexity index is 245. The van der Waals surface area contributed by atoms with E-state index >= 15 is 0 Å². The molecule has 3 heterocycles. The van der Waals surface area contributed by atoms with Crippen LogP contribution in [-0.4, -0.2) is 36.1 Å². The molecule has 0 bridgehead atoms. The lowest BCUT2D eigenvalue weighted by Gasteiger charge is -2.36. The Morgan fingerprint density at radius 2 is 2.31 bits per heavy atom. The van der Waals surface area contributed by atoms with Gasteiger partial charge >= 0.3 is 0 Å². The molecular formula is C5H11N7O. The highest BCUT2D eigenvalue weighted by Crippen LogP contribution is 2.12. The van der Waals surface area contributed by atoms with Gasteiger partial charge in [0, 0.05) is 0 Å². The number of carbonyl (C=O) groups excluding carboxylic acids is 1. The Morgan fingerprint density at radius 3 is 3.23 bits per heavy atom. The molecule has 8 heteroatoms. The van der Waals surface area contributed by atoms with Crippen LogP contribution in [0.5, 0.6) is 0 Å². The molecule has 0 saturated carbocycles. The summed E-state index contributed by atoms with van der Waals surface area (Å²) in [6.07, 6.45) is -0.184. The molecule has 3 aliphatic rings. The van der Waals surface area contributed by atoms with Crippen molar-refractivity contribution in [2.45, 2.75) is 18.5 Å². The van der Waals surface area contributed by atoms with Gasteiger partial charge in [0.05, 0.1) is 6.67 Å². The number of nitrogens with one attached hydrogen (secondary N) is 6. The van der Waals surface area contributed by atoms with Gasteiger partial charge in [-0.25, -0.2) is 16.3 Å². The standard InChI is InChI=1S/C5H11N7O/c13-4-2-3(10-11-9-2)12-5(8-4)6-1-7-12/h2-3,5-7,9-11H,1H2,(H,8,13). The highest BCUT2D eigenvalue weighted by atomic mass is 16.2. The number of nitrogens with zero attached hydrogens (tertiary/aromatic N) is 1. The number of amides is 1. The highest BCUT2D eigenvalue weighted by Gasteiger charge is 2.46. The van der Waals surface area contributed by atoms with Crippen molar-refractivity contribution < 1.29 is 4.79 Å². The number of hydrogen-bond donors (Lipinski definition) is 6. The van der Waals surface area contributed by atoms with Crippen molar-refractivity contribution in [1.29, 1.82) is 0 Å². The third-order valence-electron chi connectivity index (χ3n) is 2.46. The topological polar surface area (TPSA) is 92.5 Å². The average Bonchev–Trinajstić information content (AvgIpc) is 2.66. The summed E-state index contributed by atoms with van der Waals surface area (Å²) in [4.78, 5) is 11.5. The van der Waals surface area contributed by atoms with E-state index < -0.39 is 0 Å². The average molecular weight is 185 g/mol. The van der Waals surface area contributed by atoms with Crippen molar-refractivity contribution in [2.75, 3.05) is 6.67 Å². The van der Waals surface area contributed by atoms with Gasteiger partial charge in [-0.05, 0) is 0 Å². The van der Waals surface area contributed by atoms with Crippen LogP contribution < -0.4 is 32.4 Å². The number of rotatable bonds is 0. The second kappa shape index (κ2) is 2.61. The number of hydrazine groups is 3. The maximum atomic E-state index is 11.5. The van der Waals surface area contributed by atoms with Gasteiger partial charge in [0.2, 0.25) is 5.91 Å². The Balaban J connectivity index is 1.88. The van der Waals surface area contributed by atoms with Crippen molar-refractivity contribution >= 4 is 5.91 Å². The molecule has 3 unspecified atom stereocenters. The molecule has 0 aromatic heterocycles. The van der Waals surface area contributed by atoms with E-state index in [-0.39, 0.29) is 24.4 Å². The third kappa shape index (κ3) is 0.981. The predicted molar refractivity (Wildman–Crippen MR) is 41.9 cm³/mol. The summed E-state index contributed by atoms with van der Waals surface area (Å²) in [5, 5.41) is 7.84. The fraction of sp³-hybridized carbons (Fsp3) is 0.800. The summed E-state index contributed by atoms with van der Waals surface area (Å²) in [7, 11) is 0. The van der Waals surface area contributed by atoms with Crippen LogP contribution in [0.1, 0.15) is 0 Å². The van der Waals surface area contributed by atoms with Crippen LogP contribution in [0.25, 0.3) is 0 Å². The molecule has 3 aliphatic heterocycles. The molecule has 0 spiro atoms. The Labute approximate surface area is 74.3 Å². The lowest BCUT2D eigenvalue weighted by atomic mass is 10.2. The van der Waals surface area contributed by atoms with Crippen LogP contribution in [0, 0.1) is 0 Å². The summed E-state index contributed by atoms with van der Waals surface area (Å²) in [6.45, 7) is 0.663. The summed E-state index contributed by atoms with van der Waals surface area (Å²) in [5.41, 5.74) is 11.7. The van der Waals surface area contributed by atoms with Gasteiger partial charge < -0.3 is 5.32 Å². The first kappa shape index (κ1) is 7.62. The Kier molecular flexibility index (Phi) is 1.53. The summed E-state index contributed by atoms with van der Waals surface area (Å²) < 4.78 is 0. The predicted octanol–water partition coefficient (Wildman–Crippen LogP) is -3.93. The van der Waals surface area contributed by atoms with Gasteiger partial charge in [-0.15, -0.1) is 0 Å². The summed E-state index contributed by atoms with van der Waals surface area (Å²) >= 11 is 0. The maximum absolute atomic E-state index is 11.5. The molecule has 3 atom stereocenters. The van der Waals surface area contributed by atoms with Crippen molar-refractivity contribution in [1.82, 2.24) is 37.5 Å². The Hall–Kier alpha value is -0.770. The van der Waals surface area contributed by atoms with E-state index in [1.807, 2.05) is 5.01 Å². The van der Waals surface area contributed by atoms with Gasteiger partial charge in [-0.3, -0.25) is 10.1 Å². The molecule has 3 fully saturated rings. The maximum Gasteiger partial charge on any atom is 0.243 e. The van der Waals surface area contributed by atoms with E-state index in [2.05, 4.69) is 32.4 Å². The molecule has 13 heavy (non-hydrogen) atoms. The molecule has 0 aromatic rings. The minimum atomic E-state index is -0.261. The zero-order chi connectivity index (χ0) is 8.84. The minimum absolute atomic E-state index is 0.0139. The van der Waals surface area contributed by atoms with Crippen molar-refractivity contribution in [3.05, 3.63) is 0 Å². The fourth-order valence-electron chi connectivity index (χ4n) is 1.82. The van der Waals surface area contributed by atoms with E-state index in [9.17, 15) is 4.79 Å². The van der Waals surface area contributed by atoms with Gasteiger partial charge in [0.15, 0.2) is 6.29 Å². The van der Waals surface area contributed by atoms with Gasteiger partial charge in [0.1, 0.15) is 12.2 Å². The summed E-state index contributed by atoms with van der Waals surface area (Å²) in [5.74, 6) is -0.0139. The van der Waals surface area contributed by atoms with Crippen molar-refractivity contribution in [2.24, 2.45) is 0 Å². The zero-order valence-electron chi connectivity index (χ0n) is 6.79. The molecule has 0 aliphatic carbocycles. The van der Waals surface area contributed by atoms with Crippen molar-refractivity contribution in [3.8, 4) is 0 Å². The highest BCUT2D eigenvalue weighted by molar-refractivity contribution is 5.83. The van der Waals surface area contributed by atoms with E-state index in [0.29, 0.717) is 6.67 Å². The third-order valence-corrected chi connectivity index (χ3v) is 2.46. The number of carbonyl (C=O) groups is 1. The molecule has 1 amide bonds. The van der Waals surface area contributed by atoms with Crippen LogP contribution in [0.3, 0.4) is 0 Å². The lowest BCUT2D eigenvalue weighted by molar-refractivity contribution is -0.132. The van der Waals surface area contributed by atoms with E-state index in [4.69, 9.17) is 0 Å². The minimum Gasteiger partial charge on any atom is -0.325 e. The molecule has 0 radical (unpaired) electrons. The van der Waals surface area contributed by atoms with Crippen LogP contribution >= 0.6 is 0 Å².